The number of esters is 1. The molecule has 0 saturated heterocycles. The highest BCUT2D eigenvalue weighted by molar-refractivity contribution is 7.91. The number of sulfone groups is 1. The van der Waals surface area contributed by atoms with Gasteiger partial charge < -0.3 is 4.74 Å². The van der Waals surface area contributed by atoms with Gasteiger partial charge in [0.2, 0.25) is 0 Å². The molecule has 0 aliphatic heterocycles. The first-order valence-corrected chi connectivity index (χ1v) is 10.4. The summed E-state index contributed by atoms with van der Waals surface area (Å²) in [7, 11) is -2.10. The minimum Gasteiger partial charge on any atom is -0.465 e. The summed E-state index contributed by atoms with van der Waals surface area (Å²) in [6, 6.07) is 10.8. The number of benzene rings is 2. The molecule has 3 aromatic rings. The Hall–Kier alpha value is -2.78. The summed E-state index contributed by atoms with van der Waals surface area (Å²) >= 11 is 1.21. The highest BCUT2D eigenvalue weighted by Crippen LogP contribution is 2.27. The summed E-state index contributed by atoms with van der Waals surface area (Å²) in [5.74, 6) is -0.960. The Morgan fingerprint density at radius 2 is 1.93 bits per heavy atom. The van der Waals surface area contributed by atoms with Crippen LogP contribution in [-0.4, -0.2) is 38.1 Å². The molecule has 0 bridgehead atoms. The normalized spacial score (nSPS) is 11.3. The number of anilines is 1. The van der Waals surface area contributed by atoms with E-state index in [9.17, 15) is 18.0 Å². The van der Waals surface area contributed by atoms with Crippen LogP contribution in [-0.2, 0) is 14.6 Å². The molecule has 0 spiro atoms. The van der Waals surface area contributed by atoms with Crippen molar-refractivity contribution < 1.29 is 22.7 Å². The maximum absolute atomic E-state index is 12.5. The molecule has 0 fully saturated rings. The average Bonchev–Trinajstić information content (AvgIpc) is 3.08. The summed E-state index contributed by atoms with van der Waals surface area (Å²) < 4.78 is 29.4. The van der Waals surface area contributed by atoms with E-state index in [1.807, 2.05) is 0 Å². The number of hydrogen-bond donors (Lipinski definition) is 1. The van der Waals surface area contributed by atoms with Gasteiger partial charge in [-0.2, -0.15) is 0 Å². The summed E-state index contributed by atoms with van der Waals surface area (Å²) in [5, 5.41) is 3.01. The number of aromatic nitrogens is 1. The van der Waals surface area contributed by atoms with E-state index in [-0.39, 0.29) is 16.2 Å². The van der Waals surface area contributed by atoms with Gasteiger partial charge in [-0.1, -0.05) is 24.3 Å². The highest BCUT2D eigenvalue weighted by atomic mass is 32.2. The summed E-state index contributed by atoms with van der Waals surface area (Å²) in [6.07, 6.45) is 0. The van der Waals surface area contributed by atoms with Crippen molar-refractivity contribution in [2.45, 2.75) is 11.8 Å². The molecule has 0 atom stereocenters. The Kier molecular flexibility index (Phi) is 5.24. The number of nitrogens with zero attached hydrogens (tertiary/aromatic N) is 1. The fourth-order valence-corrected chi connectivity index (χ4v) is 4.22. The molecule has 0 aliphatic rings. The maximum atomic E-state index is 12.5. The molecule has 27 heavy (non-hydrogen) atoms. The fraction of sp³-hybridized carbons (Fsp3) is 0.167. The number of methoxy groups -OCH3 is 1. The first kappa shape index (κ1) is 19.0. The molecule has 2 aromatic carbocycles. The fourth-order valence-electron chi connectivity index (χ4n) is 2.39. The number of fused-ring (bicyclic) bond motifs is 1. The molecular weight excluding hydrogens is 388 g/mol. The molecule has 1 heterocycles. The Labute approximate surface area is 159 Å². The number of nitrogens with one attached hydrogen (secondary N) is 1. The quantitative estimate of drug-likeness (QED) is 0.656. The number of ether oxygens (including phenoxy) is 1. The van der Waals surface area contributed by atoms with Crippen LogP contribution in [0.4, 0.5) is 5.13 Å². The predicted molar refractivity (Wildman–Crippen MR) is 103 cm³/mol. The van der Waals surface area contributed by atoms with Gasteiger partial charge >= 0.3 is 5.97 Å². The van der Waals surface area contributed by atoms with Gasteiger partial charge in [0.25, 0.3) is 5.91 Å². The monoisotopic (exact) mass is 404 g/mol. The second kappa shape index (κ2) is 7.45. The maximum Gasteiger partial charge on any atom is 0.337 e. The molecule has 7 nitrogen and oxygen atoms in total. The van der Waals surface area contributed by atoms with Crippen LogP contribution in [0.1, 0.15) is 27.6 Å². The first-order chi connectivity index (χ1) is 12.8. The molecule has 0 unspecified atom stereocenters. The SMILES string of the molecule is CCS(=O)(=O)c1cccc(C(=O)Nc2nc3ccc(C(=O)OC)cc3s2)c1. The largest absolute Gasteiger partial charge is 0.465 e. The minimum atomic E-state index is -3.40. The van der Waals surface area contributed by atoms with Crippen LogP contribution >= 0.6 is 11.3 Å². The van der Waals surface area contributed by atoms with Crippen molar-refractivity contribution in [3.8, 4) is 0 Å². The van der Waals surface area contributed by atoms with Gasteiger partial charge in [-0.15, -0.1) is 0 Å². The third-order valence-corrected chi connectivity index (χ3v) is 6.53. The molecule has 3 rings (SSSR count). The van der Waals surface area contributed by atoms with E-state index in [1.165, 1.54) is 42.7 Å². The highest BCUT2D eigenvalue weighted by Gasteiger charge is 2.16. The van der Waals surface area contributed by atoms with Crippen LogP contribution in [0.2, 0.25) is 0 Å². The van der Waals surface area contributed by atoms with Crippen molar-refractivity contribution in [3.63, 3.8) is 0 Å². The average molecular weight is 404 g/mol. The second-order valence-electron chi connectivity index (χ2n) is 5.58. The Morgan fingerprint density at radius 1 is 1.15 bits per heavy atom. The van der Waals surface area contributed by atoms with E-state index in [1.54, 1.807) is 25.1 Å². The topological polar surface area (TPSA) is 102 Å². The Morgan fingerprint density at radius 3 is 2.63 bits per heavy atom. The zero-order chi connectivity index (χ0) is 19.6. The van der Waals surface area contributed by atoms with Crippen LogP contribution in [0.25, 0.3) is 10.2 Å². The Balaban J connectivity index is 1.86. The van der Waals surface area contributed by atoms with Crippen molar-refractivity contribution >= 4 is 48.4 Å². The van der Waals surface area contributed by atoms with Gasteiger partial charge in [-0.05, 0) is 36.4 Å². The third kappa shape index (κ3) is 3.99. The van der Waals surface area contributed by atoms with E-state index in [0.29, 0.717) is 16.2 Å². The van der Waals surface area contributed by atoms with E-state index >= 15 is 0 Å². The second-order valence-corrected chi connectivity index (χ2v) is 8.89. The number of rotatable bonds is 5. The number of hydrogen-bond acceptors (Lipinski definition) is 7. The van der Waals surface area contributed by atoms with Crippen LogP contribution < -0.4 is 5.32 Å². The van der Waals surface area contributed by atoms with Crippen molar-refractivity contribution in [1.82, 2.24) is 4.98 Å². The number of carbonyl (C=O) groups is 2. The minimum absolute atomic E-state index is 0.0432. The lowest BCUT2D eigenvalue weighted by Gasteiger charge is -2.05. The van der Waals surface area contributed by atoms with Crippen LogP contribution in [0, 0.1) is 0 Å². The van der Waals surface area contributed by atoms with E-state index in [0.717, 1.165) is 4.70 Å². The third-order valence-electron chi connectivity index (χ3n) is 3.87. The molecule has 1 N–H and O–H groups in total. The van der Waals surface area contributed by atoms with E-state index in [2.05, 4.69) is 15.0 Å². The number of amides is 1. The summed E-state index contributed by atoms with van der Waals surface area (Å²) in [5.41, 5.74) is 1.24. The van der Waals surface area contributed by atoms with Gasteiger partial charge in [-0.25, -0.2) is 18.2 Å². The lowest BCUT2D eigenvalue weighted by Crippen LogP contribution is -2.13. The standard InChI is InChI=1S/C18H16N2O5S2/c1-3-27(23,24)13-6-4-5-11(9-13)16(21)20-18-19-14-8-7-12(17(22)25-2)10-15(14)26-18/h4-10H,3H2,1-2H3,(H,19,20,21). The van der Waals surface area contributed by atoms with Gasteiger partial charge in [0.1, 0.15) is 0 Å². The molecule has 0 saturated carbocycles. The predicted octanol–water partition coefficient (Wildman–Crippen LogP) is 3.13. The molecule has 140 valence electrons. The molecule has 1 aromatic heterocycles. The zero-order valence-electron chi connectivity index (χ0n) is 14.6. The van der Waals surface area contributed by atoms with Crippen molar-refractivity contribution in [2.75, 3.05) is 18.2 Å². The lowest BCUT2D eigenvalue weighted by molar-refractivity contribution is 0.0601. The summed E-state index contributed by atoms with van der Waals surface area (Å²) in [6.45, 7) is 1.55. The van der Waals surface area contributed by atoms with E-state index in [4.69, 9.17) is 0 Å². The zero-order valence-corrected chi connectivity index (χ0v) is 16.2. The molecule has 0 radical (unpaired) electrons. The van der Waals surface area contributed by atoms with Gasteiger partial charge in [0, 0.05) is 5.56 Å². The first-order valence-electron chi connectivity index (χ1n) is 7.97. The molecule has 9 heteroatoms. The van der Waals surface area contributed by atoms with E-state index < -0.39 is 21.7 Å². The van der Waals surface area contributed by atoms with Gasteiger partial charge in [0.05, 0.1) is 33.5 Å². The van der Waals surface area contributed by atoms with Crippen molar-refractivity contribution in [2.24, 2.45) is 0 Å². The number of carbonyl (C=O) groups excluding carboxylic acids is 2. The van der Waals surface area contributed by atoms with Gasteiger partial charge in [-0.3, -0.25) is 10.1 Å². The number of thiazole rings is 1. The summed E-state index contributed by atoms with van der Waals surface area (Å²) in [4.78, 5) is 28.5. The van der Waals surface area contributed by atoms with Crippen LogP contribution in [0.5, 0.6) is 0 Å². The molecule has 0 aliphatic carbocycles. The lowest BCUT2D eigenvalue weighted by atomic mass is 10.2. The molecular formula is C18H16N2O5S2. The van der Waals surface area contributed by atoms with Gasteiger partial charge in [0.15, 0.2) is 15.0 Å². The molecule has 1 amide bonds. The van der Waals surface area contributed by atoms with Crippen molar-refractivity contribution in [3.05, 3.63) is 53.6 Å². The van der Waals surface area contributed by atoms with Crippen LogP contribution in [0.3, 0.4) is 0 Å². The van der Waals surface area contributed by atoms with Crippen LogP contribution in [0.15, 0.2) is 47.4 Å². The van der Waals surface area contributed by atoms with Crippen molar-refractivity contribution in [1.29, 1.82) is 0 Å². The Bertz CT molecular complexity index is 1140. The smallest absolute Gasteiger partial charge is 0.337 e.